The number of carbonyl (C=O) groups excluding carboxylic acids is 1. The minimum atomic E-state index is -0.450. The first-order valence-electron chi connectivity index (χ1n) is 7.02. The predicted octanol–water partition coefficient (Wildman–Crippen LogP) is -0.189. The summed E-state index contributed by atoms with van der Waals surface area (Å²) in [6.07, 6.45) is 1.87. The van der Waals surface area contributed by atoms with Gasteiger partial charge in [-0.05, 0) is 19.0 Å². The molecule has 1 aromatic carbocycles. The van der Waals surface area contributed by atoms with Crippen LogP contribution in [0.4, 0.5) is 0 Å². The lowest BCUT2D eigenvalue weighted by Gasteiger charge is -2.46. The monoisotopic (exact) mass is 296 g/mol. The zero-order chi connectivity index (χ0) is 13.9. The number of rotatable bonds is 3. The lowest BCUT2D eigenvalue weighted by atomic mass is 9.74. The number of carbonyl (C=O) groups is 1. The smallest absolute Gasteiger partial charge is 0.303 e. The van der Waals surface area contributed by atoms with E-state index in [0.29, 0.717) is 5.92 Å². The minimum absolute atomic E-state index is 0. The van der Waals surface area contributed by atoms with E-state index in [-0.39, 0.29) is 18.4 Å². The number of benzene rings is 1. The first-order valence-corrected chi connectivity index (χ1v) is 7.02. The molecule has 2 rings (SSSR count). The summed E-state index contributed by atoms with van der Waals surface area (Å²) in [6.45, 7) is 5.61. The molecule has 4 heteroatoms. The number of ether oxygens (including phenoxy) is 1. The van der Waals surface area contributed by atoms with E-state index in [4.69, 9.17) is 4.74 Å². The van der Waals surface area contributed by atoms with Crippen molar-refractivity contribution in [3.05, 3.63) is 35.9 Å². The molecule has 0 bridgehead atoms. The summed E-state index contributed by atoms with van der Waals surface area (Å²) < 4.78 is 5.85. The number of hydrogen-bond acceptors (Lipinski definition) is 3. The Balaban J connectivity index is 0.00000200. The third-order valence-corrected chi connectivity index (χ3v) is 4.14. The second-order valence-corrected chi connectivity index (χ2v) is 5.47. The van der Waals surface area contributed by atoms with Gasteiger partial charge in [0.05, 0.1) is 0 Å². The van der Waals surface area contributed by atoms with Crippen molar-refractivity contribution in [3.8, 4) is 0 Å². The Morgan fingerprint density at radius 1 is 1.40 bits per heavy atom. The summed E-state index contributed by atoms with van der Waals surface area (Å²) >= 11 is 0. The number of likely N-dealkylation sites (tertiary alicyclic amines) is 1. The predicted molar refractivity (Wildman–Crippen MR) is 75.8 cm³/mol. The Morgan fingerprint density at radius 3 is 2.60 bits per heavy atom. The molecule has 3 nitrogen and oxygen atoms in total. The molecule has 0 spiro atoms. The summed E-state index contributed by atoms with van der Waals surface area (Å²) in [5.74, 6) is 0.157. The van der Waals surface area contributed by atoms with Gasteiger partial charge >= 0.3 is 5.97 Å². The number of hydrogen-bond donors (Lipinski definition) is 0. The van der Waals surface area contributed by atoms with Crippen molar-refractivity contribution in [3.63, 3.8) is 0 Å². The van der Waals surface area contributed by atoms with Crippen LogP contribution >= 0.6 is 0 Å². The number of esters is 1. The maximum atomic E-state index is 11.6. The molecule has 1 fully saturated rings. The lowest BCUT2D eigenvalue weighted by Crippen LogP contribution is -3.00. The fraction of sp³-hybridized carbons (Fsp3) is 0.562. The van der Waals surface area contributed by atoms with Gasteiger partial charge in [-0.15, -0.1) is 0 Å². The van der Waals surface area contributed by atoms with E-state index in [9.17, 15) is 4.79 Å². The molecule has 1 aliphatic rings. The Labute approximate surface area is 127 Å². The lowest BCUT2D eigenvalue weighted by molar-refractivity contribution is -0.173. The molecule has 1 saturated heterocycles. The molecule has 0 amide bonds. The summed E-state index contributed by atoms with van der Waals surface area (Å²) in [5.41, 5.74) is 0.680. The van der Waals surface area contributed by atoms with Crippen LogP contribution in [0, 0.1) is 5.92 Å². The normalized spacial score (nSPS) is 26.6. The van der Waals surface area contributed by atoms with Crippen LogP contribution in [0.1, 0.15) is 32.3 Å². The molecular weight excluding hydrogens is 274 g/mol. The molecule has 0 aromatic heterocycles. The van der Waals surface area contributed by atoms with Gasteiger partial charge in [-0.1, -0.05) is 37.3 Å². The fourth-order valence-electron chi connectivity index (χ4n) is 3.18. The molecule has 112 valence electrons. The van der Waals surface area contributed by atoms with Crippen LogP contribution in [0.25, 0.3) is 0 Å². The maximum absolute atomic E-state index is 11.6. The van der Waals surface area contributed by atoms with Gasteiger partial charge in [0.2, 0.25) is 0 Å². The van der Waals surface area contributed by atoms with Gasteiger partial charge in [0.15, 0.2) is 0 Å². The van der Waals surface area contributed by atoms with E-state index in [2.05, 4.69) is 31.0 Å². The van der Waals surface area contributed by atoms with Crippen LogP contribution in [0.2, 0.25) is 0 Å². The molecule has 1 aliphatic heterocycles. The highest BCUT2D eigenvalue weighted by Gasteiger charge is 2.45. The SMILES string of the molecule is CCC1CN(C)CCC1(OC(C)=O)c1ccccc1.[Cl-]. The van der Waals surface area contributed by atoms with Gasteiger partial charge < -0.3 is 22.0 Å². The van der Waals surface area contributed by atoms with Crippen LogP contribution in [0.5, 0.6) is 0 Å². The van der Waals surface area contributed by atoms with Crippen LogP contribution in [-0.2, 0) is 15.1 Å². The van der Waals surface area contributed by atoms with Crippen LogP contribution in [0.15, 0.2) is 30.3 Å². The number of nitrogens with zero attached hydrogens (tertiary/aromatic N) is 1. The fourth-order valence-corrected chi connectivity index (χ4v) is 3.18. The molecule has 0 aliphatic carbocycles. The van der Waals surface area contributed by atoms with E-state index in [1.54, 1.807) is 0 Å². The van der Waals surface area contributed by atoms with Gasteiger partial charge in [0, 0.05) is 32.4 Å². The molecule has 0 N–H and O–H groups in total. The zero-order valence-electron chi connectivity index (χ0n) is 12.4. The second kappa shape index (κ2) is 7.09. The average molecular weight is 297 g/mol. The van der Waals surface area contributed by atoms with E-state index < -0.39 is 5.60 Å². The highest BCUT2D eigenvalue weighted by Crippen LogP contribution is 2.42. The third kappa shape index (κ3) is 3.33. The van der Waals surface area contributed by atoms with Crippen molar-refractivity contribution >= 4 is 5.97 Å². The van der Waals surface area contributed by atoms with Gasteiger partial charge in [-0.2, -0.15) is 0 Å². The largest absolute Gasteiger partial charge is 1.00 e. The van der Waals surface area contributed by atoms with Crippen molar-refractivity contribution in [1.29, 1.82) is 0 Å². The number of halogens is 1. The summed E-state index contributed by atoms with van der Waals surface area (Å²) in [4.78, 5) is 13.9. The van der Waals surface area contributed by atoms with E-state index >= 15 is 0 Å². The minimum Gasteiger partial charge on any atom is -1.00 e. The molecule has 0 saturated carbocycles. The molecular formula is C16H23ClNO2-. The Morgan fingerprint density at radius 2 is 2.05 bits per heavy atom. The highest BCUT2D eigenvalue weighted by atomic mass is 35.5. The van der Waals surface area contributed by atoms with Crippen molar-refractivity contribution in [1.82, 2.24) is 4.90 Å². The van der Waals surface area contributed by atoms with Crippen molar-refractivity contribution in [2.24, 2.45) is 5.92 Å². The maximum Gasteiger partial charge on any atom is 0.303 e. The van der Waals surface area contributed by atoms with E-state index in [1.165, 1.54) is 6.92 Å². The molecule has 1 aromatic rings. The molecule has 0 radical (unpaired) electrons. The first-order chi connectivity index (χ1) is 9.08. The first kappa shape index (κ1) is 17.0. The van der Waals surface area contributed by atoms with E-state index in [0.717, 1.165) is 31.5 Å². The summed E-state index contributed by atoms with van der Waals surface area (Å²) in [7, 11) is 2.13. The van der Waals surface area contributed by atoms with Crippen molar-refractivity contribution in [2.45, 2.75) is 32.3 Å². The Kier molecular flexibility index (Phi) is 6.03. The molecule has 2 atom stereocenters. The van der Waals surface area contributed by atoms with Crippen LogP contribution in [-0.4, -0.2) is 31.0 Å². The Hall–Kier alpha value is -1.06. The molecule has 20 heavy (non-hydrogen) atoms. The van der Waals surface area contributed by atoms with E-state index in [1.807, 2.05) is 18.2 Å². The average Bonchev–Trinajstić information content (AvgIpc) is 2.41. The molecule has 1 heterocycles. The van der Waals surface area contributed by atoms with Gasteiger partial charge in [0.1, 0.15) is 5.60 Å². The summed E-state index contributed by atoms with van der Waals surface area (Å²) in [5, 5.41) is 0. The third-order valence-electron chi connectivity index (χ3n) is 4.14. The van der Waals surface area contributed by atoms with Gasteiger partial charge in [-0.3, -0.25) is 4.79 Å². The van der Waals surface area contributed by atoms with Crippen molar-refractivity contribution < 1.29 is 21.9 Å². The topological polar surface area (TPSA) is 29.5 Å². The van der Waals surface area contributed by atoms with Gasteiger partial charge in [0.25, 0.3) is 0 Å². The number of piperidine rings is 1. The Bertz CT molecular complexity index is 437. The quantitative estimate of drug-likeness (QED) is 0.724. The second-order valence-electron chi connectivity index (χ2n) is 5.47. The molecule has 2 unspecified atom stereocenters. The van der Waals surface area contributed by atoms with Crippen molar-refractivity contribution in [2.75, 3.05) is 20.1 Å². The van der Waals surface area contributed by atoms with Crippen LogP contribution in [0.3, 0.4) is 0 Å². The standard InChI is InChI=1S/C16H23NO2.ClH/c1-4-14-12-17(3)11-10-16(14,19-13(2)18)15-8-6-5-7-9-15;/h5-9,14H,4,10-12H2,1-3H3;1H/p-1. The highest BCUT2D eigenvalue weighted by molar-refractivity contribution is 5.67. The van der Waals surface area contributed by atoms with Crippen LogP contribution < -0.4 is 12.4 Å². The van der Waals surface area contributed by atoms with Gasteiger partial charge in [-0.25, -0.2) is 0 Å². The zero-order valence-corrected chi connectivity index (χ0v) is 13.2. The summed E-state index contributed by atoms with van der Waals surface area (Å²) in [6, 6.07) is 10.2.